The molecule has 1 aliphatic rings. The van der Waals surface area contributed by atoms with Crippen LogP contribution < -0.4 is 5.32 Å². The normalized spacial score (nSPS) is 17.7. The summed E-state index contributed by atoms with van der Waals surface area (Å²) in [7, 11) is 1.36. The number of ether oxygens (including phenoxy) is 1. The van der Waals surface area contributed by atoms with E-state index in [1.165, 1.54) is 7.11 Å². The maximum atomic E-state index is 12.2. The number of hydrogen-bond donors (Lipinski definition) is 1. The van der Waals surface area contributed by atoms with Crippen LogP contribution in [0, 0.1) is 9.49 Å². The first-order valence-electron chi connectivity index (χ1n) is 6.85. The number of methoxy groups -OCH3 is 1. The van der Waals surface area contributed by atoms with Gasteiger partial charge in [0.25, 0.3) is 0 Å². The Morgan fingerprint density at radius 2 is 2.23 bits per heavy atom. The monoisotopic (exact) mass is 414 g/mol. The van der Waals surface area contributed by atoms with Gasteiger partial charge >= 0.3 is 12.0 Å². The van der Waals surface area contributed by atoms with Crippen molar-refractivity contribution < 1.29 is 14.3 Å². The van der Waals surface area contributed by atoms with Crippen LogP contribution in [0.1, 0.15) is 6.42 Å². The van der Waals surface area contributed by atoms with Crippen molar-refractivity contribution in [3.05, 3.63) is 28.1 Å². The molecule has 0 aliphatic carbocycles. The summed E-state index contributed by atoms with van der Waals surface area (Å²) in [6.07, 6.45) is 4.33. The number of urea groups is 1. The van der Waals surface area contributed by atoms with E-state index in [0.717, 1.165) is 9.22 Å². The Morgan fingerprint density at radius 1 is 1.41 bits per heavy atom. The standard InChI is InChI=1S/C14H15IN4O3/c1-22-13(20)9-4-5-18(6-9)14(21)17-11-8-19-7-10(15)2-3-12(19)16-11/h2-3,7-9H,4-6H2,1H3,(H,17,21). The number of esters is 1. The molecule has 2 amide bonds. The quantitative estimate of drug-likeness (QED) is 0.603. The van der Waals surface area contributed by atoms with Gasteiger partial charge in [-0.15, -0.1) is 0 Å². The third kappa shape index (κ3) is 3.01. The number of anilines is 1. The van der Waals surface area contributed by atoms with Crippen LogP contribution in [-0.2, 0) is 9.53 Å². The van der Waals surface area contributed by atoms with Crippen molar-refractivity contribution in [2.75, 3.05) is 25.5 Å². The molecule has 1 saturated heterocycles. The van der Waals surface area contributed by atoms with E-state index in [9.17, 15) is 9.59 Å². The van der Waals surface area contributed by atoms with Crippen LogP contribution in [0.4, 0.5) is 10.6 Å². The molecular weight excluding hydrogens is 399 g/mol. The van der Waals surface area contributed by atoms with E-state index in [-0.39, 0.29) is 17.9 Å². The molecule has 1 unspecified atom stereocenters. The van der Waals surface area contributed by atoms with Crippen molar-refractivity contribution >= 4 is 46.1 Å². The number of halogens is 1. The predicted molar refractivity (Wildman–Crippen MR) is 88.6 cm³/mol. The number of nitrogens with zero attached hydrogens (tertiary/aromatic N) is 3. The average Bonchev–Trinajstić information content (AvgIpc) is 3.12. The van der Waals surface area contributed by atoms with Crippen molar-refractivity contribution in [1.29, 1.82) is 0 Å². The highest BCUT2D eigenvalue weighted by Crippen LogP contribution is 2.19. The molecule has 7 nitrogen and oxygen atoms in total. The number of aromatic nitrogens is 2. The number of likely N-dealkylation sites (tertiary alicyclic amines) is 1. The van der Waals surface area contributed by atoms with Gasteiger partial charge in [0.1, 0.15) is 5.65 Å². The lowest BCUT2D eigenvalue weighted by molar-refractivity contribution is -0.144. The second kappa shape index (κ2) is 6.11. The Balaban J connectivity index is 1.67. The number of hydrogen-bond acceptors (Lipinski definition) is 4. The molecular formula is C14H15IN4O3. The first-order valence-corrected chi connectivity index (χ1v) is 7.92. The van der Waals surface area contributed by atoms with E-state index < -0.39 is 0 Å². The largest absolute Gasteiger partial charge is 0.469 e. The van der Waals surface area contributed by atoms with Crippen LogP contribution in [0.25, 0.3) is 5.65 Å². The molecule has 0 spiro atoms. The molecule has 1 fully saturated rings. The maximum absolute atomic E-state index is 12.2. The Kier molecular flexibility index (Phi) is 4.19. The lowest BCUT2D eigenvalue weighted by atomic mass is 10.1. The minimum atomic E-state index is -0.266. The van der Waals surface area contributed by atoms with Crippen LogP contribution in [0.15, 0.2) is 24.5 Å². The summed E-state index contributed by atoms with van der Waals surface area (Å²) in [6.45, 7) is 0.917. The second-order valence-corrected chi connectivity index (χ2v) is 6.37. The van der Waals surface area contributed by atoms with Gasteiger partial charge in [0.05, 0.1) is 19.2 Å². The molecule has 1 N–H and O–H groups in total. The number of nitrogens with one attached hydrogen (secondary N) is 1. The highest BCUT2D eigenvalue weighted by molar-refractivity contribution is 14.1. The lowest BCUT2D eigenvalue weighted by Crippen LogP contribution is -2.34. The van der Waals surface area contributed by atoms with Gasteiger partial charge in [0.15, 0.2) is 5.82 Å². The molecule has 2 aromatic rings. The van der Waals surface area contributed by atoms with Crippen molar-refractivity contribution in [1.82, 2.24) is 14.3 Å². The van der Waals surface area contributed by atoms with Crippen molar-refractivity contribution in [2.24, 2.45) is 5.92 Å². The first-order chi connectivity index (χ1) is 10.6. The molecule has 3 rings (SSSR count). The minimum absolute atomic E-state index is 0.238. The first kappa shape index (κ1) is 15.1. The van der Waals surface area contributed by atoms with Gasteiger partial charge in [-0.3, -0.25) is 10.1 Å². The van der Waals surface area contributed by atoms with E-state index >= 15 is 0 Å². The number of rotatable bonds is 2. The number of amides is 2. The molecule has 0 bridgehead atoms. The SMILES string of the molecule is COC(=O)C1CCN(C(=O)Nc2cn3cc(I)ccc3n2)C1. The van der Waals surface area contributed by atoms with Gasteiger partial charge < -0.3 is 14.0 Å². The summed E-state index contributed by atoms with van der Waals surface area (Å²) in [4.78, 5) is 29.7. The van der Waals surface area contributed by atoms with Crippen LogP contribution in [0.3, 0.4) is 0 Å². The third-order valence-corrected chi connectivity index (χ3v) is 4.30. The summed E-state index contributed by atoms with van der Waals surface area (Å²) >= 11 is 2.22. The summed E-state index contributed by atoms with van der Waals surface area (Å²) < 4.78 is 7.66. The van der Waals surface area contributed by atoms with Gasteiger partial charge in [-0.2, -0.15) is 0 Å². The number of imidazole rings is 1. The Bertz CT molecular complexity index is 730. The highest BCUT2D eigenvalue weighted by Gasteiger charge is 2.31. The van der Waals surface area contributed by atoms with Gasteiger partial charge in [-0.05, 0) is 41.1 Å². The molecule has 2 aromatic heterocycles. The van der Waals surface area contributed by atoms with E-state index in [4.69, 9.17) is 4.74 Å². The third-order valence-electron chi connectivity index (χ3n) is 3.66. The van der Waals surface area contributed by atoms with Crippen LogP contribution in [-0.4, -0.2) is 46.5 Å². The maximum Gasteiger partial charge on any atom is 0.323 e. The molecule has 0 radical (unpaired) electrons. The fourth-order valence-corrected chi connectivity index (χ4v) is 3.00. The minimum Gasteiger partial charge on any atom is -0.469 e. The zero-order valence-corrected chi connectivity index (χ0v) is 14.1. The van der Waals surface area contributed by atoms with Gasteiger partial charge in [-0.25, -0.2) is 9.78 Å². The molecule has 0 saturated carbocycles. The lowest BCUT2D eigenvalue weighted by Gasteiger charge is -2.15. The Labute approximate surface area is 140 Å². The molecule has 1 aliphatic heterocycles. The zero-order valence-electron chi connectivity index (χ0n) is 12.0. The van der Waals surface area contributed by atoms with E-state index in [1.807, 2.05) is 22.7 Å². The van der Waals surface area contributed by atoms with Gasteiger partial charge in [0.2, 0.25) is 0 Å². The van der Waals surface area contributed by atoms with Gasteiger partial charge in [0, 0.05) is 22.9 Å². The van der Waals surface area contributed by atoms with E-state index in [1.54, 1.807) is 11.1 Å². The second-order valence-electron chi connectivity index (χ2n) is 5.12. The van der Waals surface area contributed by atoms with Crippen molar-refractivity contribution in [3.63, 3.8) is 0 Å². The summed E-state index contributed by atoms with van der Waals surface area (Å²) in [5.41, 5.74) is 0.768. The molecule has 8 heteroatoms. The number of carbonyl (C=O) groups excluding carboxylic acids is 2. The smallest absolute Gasteiger partial charge is 0.323 e. The average molecular weight is 414 g/mol. The summed E-state index contributed by atoms with van der Waals surface area (Å²) in [6, 6.07) is 3.60. The fraction of sp³-hybridized carbons (Fsp3) is 0.357. The van der Waals surface area contributed by atoms with E-state index in [2.05, 4.69) is 32.9 Å². The number of pyridine rings is 1. The van der Waals surface area contributed by atoms with Crippen LogP contribution >= 0.6 is 22.6 Å². The van der Waals surface area contributed by atoms with Crippen molar-refractivity contribution in [3.8, 4) is 0 Å². The molecule has 0 aromatic carbocycles. The van der Waals surface area contributed by atoms with Gasteiger partial charge in [-0.1, -0.05) is 0 Å². The van der Waals surface area contributed by atoms with Crippen molar-refractivity contribution in [2.45, 2.75) is 6.42 Å². The molecule has 22 heavy (non-hydrogen) atoms. The topological polar surface area (TPSA) is 75.9 Å². The van der Waals surface area contributed by atoms with Crippen LogP contribution in [0.2, 0.25) is 0 Å². The van der Waals surface area contributed by atoms with Crippen LogP contribution in [0.5, 0.6) is 0 Å². The Morgan fingerprint density at radius 3 is 3.00 bits per heavy atom. The molecule has 116 valence electrons. The summed E-state index contributed by atoms with van der Waals surface area (Å²) in [5, 5.41) is 2.77. The van der Waals surface area contributed by atoms with E-state index in [0.29, 0.717) is 25.3 Å². The number of fused-ring (bicyclic) bond motifs is 1. The Hall–Kier alpha value is -1.84. The molecule has 1 atom stereocenters. The molecule has 3 heterocycles. The highest BCUT2D eigenvalue weighted by atomic mass is 127. The zero-order chi connectivity index (χ0) is 15.7. The number of carbonyl (C=O) groups is 2. The summed E-state index contributed by atoms with van der Waals surface area (Å²) in [5.74, 6) is -0.00970. The predicted octanol–water partition coefficient (Wildman–Crippen LogP) is 1.97. The fourth-order valence-electron chi connectivity index (χ4n) is 2.52.